The lowest BCUT2D eigenvalue weighted by molar-refractivity contribution is -0.254. The number of halogens is 6. The maximum absolute atomic E-state index is 16.1. The molecule has 1 aliphatic carbocycles. The van der Waals surface area contributed by atoms with Gasteiger partial charge in [0, 0.05) is 52.9 Å². The van der Waals surface area contributed by atoms with Gasteiger partial charge in [0.15, 0.2) is 0 Å². The van der Waals surface area contributed by atoms with E-state index in [4.69, 9.17) is 0 Å². The van der Waals surface area contributed by atoms with Crippen LogP contribution < -0.4 is 0 Å². The molecular formula is C43H30F6O2S2. The van der Waals surface area contributed by atoms with Crippen LogP contribution in [0, 0.1) is 27.7 Å². The highest BCUT2D eigenvalue weighted by Gasteiger charge is 2.80. The van der Waals surface area contributed by atoms with Crippen molar-refractivity contribution in [3.8, 4) is 43.1 Å². The number of aldehydes is 2. The molecule has 4 aromatic carbocycles. The summed E-state index contributed by atoms with van der Waals surface area (Å²) in [4.78, 5) is 23.5. The second-order valence-corrected chi connectivity index (χ2v) is 15.5. The van der Waals surface area contributed by atoms with Crippen LogP contribution in [0.4, 0.5) is 26.3 Å². The molecule has 10 heteroatoms. The summed E-state index contributed by atoms with van der Waals surface area (Å²) in [5, 5.41) is 0. The number of thiophene rings is 2. The highest BCUT2D eigenvalue weighted by molar-refractivity contribution is 7.16. The van der Waals surface area contributed by atoms with Crippen molar-refractivity contribution in [3.63, 3.8) is 0 Å². The van der Waals surface area contributed by atoms with Crippen LogP contribution in [0.15, 0.2) is 97.1 Å². The van der Waals surface area contributed by atoms with Crippen LogP contribution in [0.1, 0.15) is 52.7 Å². The number of aryl methyl sites for hydroxylation is 2. The molecule has 0 N–H and O–H groups in total. The quantitative estimate of drug-likeness (QED) is 0.114. The molecule has 0 radical (unpaired) electrons. The van der Waals surface area contributed by atoms with Gasteiger partial charge in [0.25, 0.3) is 0 Å². The predicted molar refractivity (Wildman–Crippen MR) is 202 cm³/mol. The number of alkyl halides is 6. The van der Waals surface area contributed by atoms with E-state index in [0.717, 1.165) is 57.5 Å². The Hall–Kier alpha value is -5.06. The molecule has 0 saturated carbocycles. The standard InChI is InChI=1S/C43H30F6O2S2/c1-23-35(25(3)52-39(23)33-17-13-31(14-18-33)29-9-5-27(21-50)6-10-29)37-38(42(46,47)43(48,49)41(37,44)45)36-24(2)40(53-26(36)4)34-19-15-32(16-20-34)30-11-7-28(22-51)8-12-30/h5-22H,1-4H3. The van der Waals surface area contributed by atoms with Crippen LogP contribution in [0.2, 0.25) is 0 Å². The summed E-state index contributed by atoms with van der Waals surface area (Å²) in [5.41, 5.74) is 2.73. The number of carbonyl (C=O) groups is 2. The molecule has 2 heterocycles. The molecule has 7 rings (SSSR count). The molecule has 6 aromatic rings. The maximum Gasteiger partial charge on any atom is 0.380 e. The van der Waals surface area contributed by atoms with E-state index < -0.39 is 28.9 Å². The summed E-state index contributed by atoms with van der Waals surface area (Å²) < 4.78 is 95.4. The second-order valence-electron chi connectivity index (χ2n) is 13.1. The smallest absolute Gasteiger partial charge is 0.298 e. The molecule has 0 saturated heterocycles. The Labute approximate surface area is 310 Å². The van der Waals surface area contributed by atoms with Crippen LogP contribution in [0.5, 0.6) is 0 Å². The maximum atomic E-state index is 16.1. The summed E-state index contributed by atoms with van der Waals surface area (Å²) >= 11 is 2.17. The van der Waals surface area contributed by atoms with Gasteiger partial charge in [0.2, 0.25) is 0 Å². The van der Waals surface area contributed by atoms with Crippen molar-refractivity contribution < 1.29 is 35.9 Å². The number of rotatable bonds is 8. The van der Waals surface area contributed by atoms with Gasteiger partial charge < -0.3 is 0 Å². The van der Waals surface area contributed by atoms with Gasteiger partial charge in [-0.15, -0.1) is 22.7 Å². The molecular weight excluding hydrogens is 727 g/mol. The van der Waals surface area contributed by atoms with E-state index in [1.807, 2.05) is 24.3 Å². The number of carbonyl (C=O) groups excluding carboxylic acids is 2. The molecule has 1 aliphatic rings. The van der Waals surface area contributed by atoms with Crippen molar-refractivity contribution in [3.05, 3.63) is 140 Å². The largest absolute Gasteiger partial charge is 0.380 e. The van der Waals surface area contributed by atoms with Crippen molar-refractivity contribution in [1.82, 2.24) is 0 Å². The van der Waals surface area contributed by atoms with Gasteiger partial charge in [0.05, 0.1) is 0 Å². The van der Waals surface area contributed by atoms with Crippen molar-refractivity contribution in [2.45, 2.75) is 45.5 Å². The SMILES string of the molecule is Cc1sc(-c2ccc(-c3ccc(C=O)cc3)cc2)c(C)c1C1=C(c2c(C)sc(-c3ccc(-c4ccc(C=O)cc4)cc3)c2C)C(F)(F)C(F)(F)C1(F)F. The Kier molecular flexibility index (Phi) is 8.98. The van der Waals surface area contributed by atoms with Crippen molar-refractivity contribution in [1.29, 1.82) is 0 Å². The van der Waals surface area contributed by atoms with E-state index in [1.165, 1.54) is 27.7 Å². The number of benzene rings is 4. The van der Waals surface area contributed by atoms with Gasteiger partial charge in [-0.1, -0.05) is 97.1 Å². The molecule has 0 aliphatic heterocycles. The molecule has 2 aromatic heterocycles. The summed E-state index contributed by atoms with van der Waals surface area (Å²) in [7, 11) is 0. The van der Waals surface area contributed by atoms with Crippen LogP contribution >= 0.6 is 22.7 Å². The van der Waals surface area contributed by atoms with Gasteiger partial charge in [0.1, 0.15) is 12.6 Å². The zero-order valence-corrected chi connectivity index (χ0v) is 30.4. The zero-order chi connectivity index (χ0) is 38.0. The van der Waals surface area contributed by atoms with Crippen LogP contribution in [0.25, 0.3) is 54.3 Å². The van der Waals surface area contributed by atoms with Gasteiger partial charge in [-0.05, 0) is 72.2 Å². The lowest BCUT2D eigenvalue weighted by atomic mass is 9.89. The van der Waals surface area contributed by atoms with Crippen LogP contribution in [-0.2, 0) is 0 Å². The first-order valence-corrected chi connectivity index (χ1v) is 18.2. The van der Waals surface area contributed by atoms with Crippen LogP contribution in [-0.4, -0.2) is 30.3 Å². The Bertz CT molecular complexity index is 2250. The molecule has 0 amide bonds. The first-order valence-electron chi connectivity index (χ1n) is 16.5. The van der Waals surface area contributed by atoms with Gasteiger partial charge >= 0.3 is 17.8 Å². The average Bonchev–Trinajstić information content (AvgIpc) is 3.65. The van der Waals surface area contributed by atoms with Crippen LogP contribution in [0.3, 0.4) is 0 Å². The normalized spacial score (nSPS) is 15.9. The third kappa shape index (κ3) is 5.70. The molecule has 0 atom stereocenters. The zero-order valence-electron chi connectivity index (χ0n) is 28.8. The number of hydrogen-bond donors (Lipinski definition) is 0. The Morgan fingerprint density at radius 1 is 0.434 bits per heavy atom. The molecule has 0 bridgehead atoms. The van der Waals surface area contributed by atoms with Gasteiger partial charge in [-0.3, -0.25) is 9.59 Å². The third-order valence-electron chi connectivity index (χ3n) is 9.87. The van der Waals surface area contributed by atoms with E-state index in [1.54, 1.807) is 72.8 Å². The topological polar surface area (TPSA) is 34.1 Å². The minimum Gasteiger partial charge on any atom is -0.298 e. The average molecular weight is 757 g/mol. The Balaban J connectivity index is 1.34. The van der Waals surface area contributed by atoms with E-state index in [0.29, 0.717) is 32.0 Å². The fraction of sp³-hybridized carbons (Fsp3) is 0.163. The fourth-order valence-corrected chi connectivity index (χ4v) is 9.46. The molecule has 53 heavy (non-hydrogen) atoms. The summed E-state index contributed by atoms with van der Waals surface area (Å²) in [5.74, 6) is -16.0. The van der Waals surface area contributed by atoms with Crippen molar-refractivity contribution in [2.75, 3.05) is 0 Å². The third-order valence-corrected chi connectivity index (χ3v) is 12.4. The Morgan fingerprint density at radius 3 is 0.981 bits per heavy atom. The van der Waals surface area contributed by atoms with Gasteiger partial charge in [-0.25, -0.2) is 0 Å². The first kappa shape index (κ1) is 36.3. The lowest BCUT2D eigenvalue weighted by Gasteiger charge is -2.26. The molecule has 0 unspecified atom stereocenters. The highest BCUT2D eigenvalue weighted by Crippen LogP contribution is 2.67. The molecule has 0 fully saturated rings. The molecule has 268 valence electrons. The van der Waals surface area contributed by atoms with E-state index in [9.17, 15) is 9.59 Å². The number of allylic oxidation sites excluding steroid dienone is 2. The first-order chi connectivity index (χ1) is 25.1. The van der Waals surface area contributed by atoms with Crippen molar-refractivity contribution >= 4 is 46.4 Å². The van der Waals surface area contributed by atoms with E-state index in [2.05, 4.69) is 0 Å². The monoisotopic (exact) mass is 756 g/mol. The second kappa shape index (κ2) is 13.1. The molecule has 0 spiro atoms. The van der Waals surface area contributed by atoms with Crippen molar-refractivity contribution in [2.24, 2.45) is 0 Å². The minimum atomic E-state index is -5.69. The lowest BCUT2D eigenvalue weighted by Crippen LogP contribution is -2.49. The predicted octanol–water partition coefficient (Wildman–Crippen LogP) is 13.2. The van der Waals surface area contributed by atoms with Gasteiger partial charge in [-0.2, -0.15) is 26.3 Å². The summed E-state index contributed by atoms with van der Waals surface area (Å²) in [6.07, 6.45) is 1.48. The summed E-state index contributed by atoms with van der Waals surface area (Å²) in [6, 6.07) is 28.2. The number of hydrogen-bond acceptors (Lipinski definition) is 4. The Morgan fingerprint density at radius 2 is 0.698 bits per heavy atom. The van der Waals surface area contributed by atoms with E-state index >= 15 is 26.3 Å². The highest BCUT2D eigenvalue weighted by atomic mass is 32.1. The molecule has 2 nitrogen and oxygen atoms in total. The fourth-order valence-electron chi connectivity index (χ4n) is 7.12. The minimum absolute atomic E-state index is 0.207. The van der Waals surface area contributed by atoms with E-state index in [-0.39, 0.29) is 32.0 Å². The summed E-state index contributed by atoms with van der Waals surface area (Å²) in [6.45, 7) is 5.98.